The summed E-state index contributed by atoms with van der Waals surface area (Å²) >= 11 is 0. The van der Waals surface area contributed by atoms with E-state index in [9.17, 15) is 79.8 Å². The average Bonchev–Trinajstić information content (AvgIpc) is 2.82. The second kappa shape index (κ2) is 13.9. The van der Waals surface area contributed by atoms with Crippen LogP contribution in [-0.4, -0.2) is 86.9 Å². The third-order valence-corrected chi connectivity index (χ3v) is 4.72. The molecule has 0 aliphatic rings. The number of hydrogen-bond donors (Lipinski definition) is 2. The van der Waals surface area contributed by atoms with Crippen LogP contribution in [0.25, 0.3) is 0 Å². The van der Waals surface area contributed by atoms with E-state index in [1.807, 2.05) is 0 Å². The van der Waals surface area contributed by atoms with E-state index in [1.54, 1.807) is 10.6 Å². The van der Waals surface area contributed by atoms with Crippen LogP contribution in [0.1, 0.15) is 25.7 Å². The highest BCUT2D eigenvalue weighted by molar-refractivity contribution is 5.67. The first kappa shape index (κ1) is 37.4. The molecule has 0 aromatic carbocycles. The molecule has 0 aromatic heterocycles. The number of rotatable bonds is 17. The largest absolute Gasteiger partial charge is 0.443 e. The van der Waals surface area contributed by atoms with E-state index in [4.69, 9.17) is 0 Å². The Balaban J connectivity index is 4.26. The number of carbonyl (C=O) groups excluding carboxylic acids is 2. The highest BCUT2D eigenvalue weighted by atomic mass is 19.4. The van der Waals surface area contributed by atoms with Crippen LogP contribution in [0.15, 0.2) is 0 Å². The van der Waals surface area contributed by atoms with Crippen molar-refractivity contribution in [2.24, 2.45) is 0 Å². The SMILES string of the molecule is O=C(NCCCCCCNC(=O)OCC(F)(F)C(F)(F)C(F)(F)C(F)F)OCC(F)(F)C(F)(F)C(F)(F)C(F)F. The predicted molar refractivity (Wildman–Crippen MR) is 98.9 cm³/mol. The summed E-state index contributed by atoms with van der Waals surface area (Å²) in [6, 6.07) is 0. The van der Waals surface area contributed by atoms with E-state index < -0.39 is 73.8 Å². The van der Waals surface area contributed by atoms with Crippen LogP contribution in [0.5, 0.6) is 0 Å². The fraction of sp³-hybridized carbons (Fsp3) is 0.889. The minimum Gasteiger partial charge on any atom is -0.443 e. The Morgan fingerprint density at radius 3 is 1.05 bits per heavy atom. The summed E-state index contributed by atoms with van der Waals surface area (Å²) in [5.41, 5.74) is 0. The van der Waals surface area contributed by atoms with Crippen LogP contribution >= 0.6 is 0 Å². The topological polar surface area (TPSA) is 76.7 Å². The lowest BCUT2D eigenvalue weighted by molar-refractivity contribution is -0.343. The Hall–Kier alpha value is -2.58. The fourth-order valence-corrected chi connectivity index (χ4v) is 2.34. The monoisotopic (exact) mass is 632 g/mol. The molecular weight excluding hydrogens is 612 g/mol. The average molecular weight is 632 g/mol. The van der Waals surface area contributed by atoms with Crippen molar-refractivity contribution in [1.82, 2.24) is 10.6 Å². The van der Waals surface area contributed by atoms with Crippen molar-refractivity contribution < 1.29 is 89.3 Å². The number of halogens is 16. The van der Waals surface area contributed by atoms with Crippen molar-refractivity contribution in [1.29, 1.82) is 0 Å². The van der Waals surface area contributed by atoms with Gasteiger partial charge in [-0.3, -0.25) is 0 Å². The molecule has 0 atom stereocenters. The van der Waals surface area contributed by atoms with Crippen molar-refractivity contribution >= 4 is 12.2 Å². The summed E-state index contributed by atoms with van der Waals surface area (Å²) < 4.78 is 211. The van der Waals surface area contributed by atoms with E-state index in [1.165, 1.54) is 0 Å². The van der Waals surface area contributed by atoms with E-state index in [0.29, 0.717) is 0 Å². The fourth-order valence-electron chi connectivity index (χ4n) is 2.34. The smallest absolute Gasteiger partial charge is 0.407 e. The number of nitrogens with one attached hydrogen (secondary N) is 2. The molecule has 0 aliphatic carbocycles. The van der Waals surface area contributed by atoms with E-state index in [0.717, 1.165) is 0 Å². The van der Waals surface area contributed by atoms with Gasteiger partial charge in [0.05, 0.1) is 0 Å². The van der Waals surface area contributed by atoms with Crippen molar-refractivity contribution in [2.45, 2.75) is 74.1 Å². The van der Waals surface area contributed by atoms with Crippen LogP contribution in [-0.2, 0) is 9.47 Å². The maximum absolute atomic E-state index is 13.2. The molecule has 0 unspecified atom stereocenters. The highest BCUT2D eigenvalue weighted by Gasteiger charge is 2.76. The molecular formula is C18H20F16N2O4. The molecule has 22 heteroatoms. The van der Waals surface area contributed by atoms with E-state index in [2.05, 4.69) is 9.47 Å². The van der Waals surface area contributed by atoms with Gasteiger partial charge < -0.3 is 20.1 Å². The van der Waals surface area contributed by atoms with Crippen LogP contribution in [0.2, 0.25) is 0 Å². The van der Waals surface area contributed by atoms with Gasteiger partial charge in [-0.05, 0) is 12.8 Å². The lowest BCUT2D eigenvalue weighted by Gasteiger charge is -2.31. The maximum Gasteiger partial charge on any atom is 0.407 e. The molecule has 0 bridgehead atoms. The molecule has 0 saturated heterocycles. The number of ether oxygens (including phenoxy) is 2. The standard InChI is InChI=1S/C18H20F16N2O4/c19-9(20)15(27,28)17(31,32)13(23,24)7-39-11(37)35-5-3-1-2-4-6-36-12(38)40-8-14(25,26)18(33,34)16(29,30)10(21)22/h9-10H,1-8H2,(H,35,37)(H,36,38). The summed E-state index contributed by atoms with van der Waals surface area (Å²) in [4.78, 5) is 22.4. The first-order chi connectivity index (χ1) is 17.9. The second-order valence-corrected chi connectivity index (χ2v) is 7.83. The molecule has 2 N–H and O–H groups in total. The molecule has 0 rings (SSSR count). The third-order valence-electron chi connectivity index (χ3n) is 4.72. The van der Waals surface area contributed by atoms with Gasteiger partial charge in [0.25, 0.3) is 0 Å². The molecule has 0 aliphatic heterocycles. The quantitative estimate of drug-likeness (QED) is 0.145. The lowest BCUT2D eigenvalue weighted by atomic mass is 10.1. The molecule has 0 heterocycles. The zero-order valence-corrected chi connectivity index (χ0v) is 19.5. The molecule has 0 fully saturated rings. The first-order valence-corrected chi connectivity index (χ1v) is 10.5. The number of amides is 2. The summed E-state index contributed by atoms with van der Waals surface area (Å²) in [6.07, 6.45) is -13.6. The van der Waals surface area contributed by atoms with Gasteiger partial charge in [-0.2, -0.15) is 52.7 Å². The summed E-state index contributed by atoms with van der Waals surface area (Å²) in [5, 5.41) is 3.48. The normalized spacial score (nSPS) is 13.9. The van der Waals surface area contributed by atoms with Crippen LogP contribution in [0.3, 0.4) is 0 Å². The van der Waals surface area contributed by atoms with Gasteiger partial charge in [0.15, 0.2) is 13.2 Å². The first-order valence-electron chi connectivity index (χ1n) is 10.5. The minimum atomic E-state index is -6.57. The molecule has 238 valence electrons. The lowest BCUT2D eigenvalue weighted by Crippen LogP contribution is -2.59. The van der Waals surface area contributed by atoms with Gasteiger partial charge in [-0.1, -0.05) is 12.8 Å². The van der Waals surface area contributed by atoms with Crippen molar-refractivity contribution in [3.63, 3.8) is 0 Å². The van der Waals surface area contributed by atoms with Gasteiger partial charge in [0.1, 0.15) is 0 Å². The zero-order valence-electron chi connectivity index (χ0n) is 19.5. The Bertz CT molecular complexity index is 760. The van der Waals surface area contributed by atoms with Gasteiger partial charge in [-0.15, -0.1) is 0 Å². The minimum absolute atomic E-state index is 0.00913. The summed E-state index contributed by atoms with van der Waals surface area (Å²) in [6.45, 7) is -6.10. The van der Waals surface area contributed by atoms with E-state index >= 15 is 0 Å². The predicted octanol–water partition coefficient (Wildman–Crippen LogP) is 6.34. The molecule has 6 nitrogen and oxygen atoms in total. The molecule has 40 heavy (non-hydrogen) atoms. The summed E-state index contributed by atoms with van der Waals surface area (Å²) in [7, 11) is 0. The molecule has 0 saturated carbocycles. The molecule has 0 spiro atoms. The van der Waals surface area contributed by atoms with Gasteiger partial charge in [0.2, 0.25) is 0 Å². The molecule has 0 radical (unpaired) electrons. The number of hydrogen-bond acceptors (Lipinski definition) is 4. The van der Waals surface area contributed by atoms with Crippen molar-refractivity contribution in [2.75, 3.05) is 26.3 Å². The van der Waals surface area contributed by atoms with Gasteiger partial charge in [-0.25, -0.2) is 27.2 Å². The van der Waals surface area contributed by atoms with Gasteiger partial charge >= 0.3 is 60.6 Å². The number of alkyl carbamates (subject to hydrolysis) is 2. The number of unbranched alkanes of at least 4 members (excludes halogenated alkanes) is 3. The summed E-state index contributed by atoms with van der Waals surface area (Å²) in [5.74, 6) is -37.7. The zero-order chi connectivity index (χ0) is 31.8. The van der Waals surface area contributed by atoms with Gasteiger partial charge in [0, 0.05) is 13.1 Å². The highest BCUT2D eigenvalue weighted by Crippen LogP contribution is 2.49. The second-order valence-electron chi connectivity index (χ2n) is 7.83. The third kappa shape index (κ3) is 8.96. The van der Waals surface area contributed by atoms with E-state index in [-0.39, 0.29) is 38.8 Å². The van der Waals surface area contributed by atoms with Crippen molar-refractivity contribution in [3.05, 3.63) is 0 Å². The van der Waals surface area contributed by atoms with Crippen LogP contribution in [0, 0.1) is 0 Å². The Morgan fingerprint density at radius 1 is 0.525 bits per heavy atom. The van der Waals surface area contributed by atoms with Crippen molar-refractivity contribution in [3.8, 4) is 0 Å². The number of alkyl halides is 16. The Morgan fingerprint density at radius 2 is 0.800 bits per heavy atom. The molecule has 2 amide bonds. The van der Waals surface area contributed by atoms with Crippen LogP contribution < -0.4 is 10.6 Å². The molecule has 0 aromatic rings. The Labute approximate surface area is 213 Å². The number of carbonyl (C=O) groups is 2. The van der Waals surface area contributed by atoms with Crippen LogP contribution in [0.4, 0.5) is 79.8 Å². The Kier molecular flexibility index (Phi) is 13.0. The maximum atomic E-state index is 13.2.